The number of ketones is 1. The Hall–Kier alpha value is -2.19. The summed E-state index contributed by atoms with van der Waals surface area (Å²) in [5.41, 5.74) is 0. The van der Waals surface area contributed by atoms with Crippen molar-refractivity contribution in [2.45, 2.75) is 25.3 Å². The zero-order valence-corrected chi connectivity index (χ0v) is 9.61. The Bertz CT molecular complexity index is 386. The Morgan fingerprint density at radius 3 is 2.33 bits per heavy atom. The van der Waals surface area contributed by atoms with Crippen molar-refractivity contribution in [1.82, 2.24) is 4.90 Å². The molecule has 1 saturated heterocycles. The molecule has 2 amide bonds. The fourth-order valence-corrected chi connectivity index (χ4v) is 1.65. The summed E-state index contributed by atoms with van der Waals surface area (Å²) in [6.07, 6.45) is 0.386. The molecule has 0 aromatic rings. The highest BCUT2D eigenvalue weighted by Gasteiger charge is 2.26. The fraction of sp³-hybridized carbons (Fsp3) is 0.667. The second kappa shape index (κ2) is 6.52. The molecular formula is C9H13N5O4. The quantitative estimate of drug-likeness (QED) is 0.181. The lowest BCUT2D eigenvalue weighted by molar-refractivity contribution is -0.142. The third kappa shape index (κ3) is 3.68. The van der Waals surface area contributed by atoms with Gasteiger partial charge in [-0.1, -0.05) is 15.5 Å². The molecule has 2 N–H and O–H groups in total. The topological polar surface area (TPSA) is 135 Å². The average molecular weight is 255 g/mol. The number of nitrogens with zero attached hydrogens (tertiary/aromatic N) is 4. The Labute approximate surface area is 102 Å². The molecule has 0 saturated carbocycles. The molecule has 1 aliphatic rings. The van der Waals surface area contributed by atoms with Crippen molar-refractivity contribution < 1.29 is 14.4 Å². The van der Waals surface area contributed by atoms with Gasteiger partial charge in [0.05, 0.1) is 12.5 Å². The van der Waals surface area contributed by atoms with Gasteiger partial charge in [0.25, 0.3) is 0 Å². The largest absolute Gasteiger partial charge is 0.342 e. The third-order valence-corrected chi connectivity index (χ3v) is 2.67. The van der Waals surface area contributed by atoms with Crippen LogP contribution in [-0.2, 0) is 14.4 Å². The molecule has 1 aliphatic heterocycles. The fourth-order valence-electron chi connectivity index (χ4n) is 1.65. The van der Waals surface area contributed by atoms with E-state index in [1.807, 2.05) is 0 Å². The smallest absolute Gasteiger partial charge is 0.333 e. The number of nitroso groups, excluding NO2 is 1. The normalized spacial score (nSPS) is 16.8. The van der Waals surface area contributed by atoms with Crippen LogP contribution in [0.15, 0.2) is 15.5 Å². The highest BCUT2D eigenvalue weighted by molar-refractivity contribution is 6.39. The molecule has 1 heterocycles. The van der Waals surface area contributed by atoms with E-state index in [1.165, 1.54) is 4.90 Å². The van der Waals surface area contributed by atoms with Crippen LogP contribution >= 0.6 is 0 Å². The standard InChI is InChI=1S/C9H13N5O4/c10-13-11-9(17)7(15)5-8(16)14-3-1-6(12-18)2-4-14/h6H,1-5H2,(H2,10,11,17). The summed E-state index contributed by atoms with van der Waals surface area (Å²) >= 11 is 0. The van der Waals surface area contributed by atoms with Gasteiger partial charge in [-0.3, -0.25) is 14.4 Å². The van der Waals surface area contributed by atoms with Gasteiger partial charge in [0.2, 0.25) is 11.7 Å². The first-order valence-electron chi connectivity index (χ1n) is 5.36. The maximum atomic E-state index is 11.7. The number of nitrogens with two attached hydrogens (primary N) is 1. The zero-order chi connectivity index (χ0) is 13.5. The predicted molar refractivity (Wildman–Crippen MR) is 59.1 cm³/mol. The van der Waals surface area contributed by atoms with Crippen LogP contribution in [-0.4, -0.2) is 41.6 Å². The highest BCUT2D eigenvalue weighted by atomic mass is 16.3. The van der Waals surface area contributed by atoms with Gasteiger partial charge in [-0.25, -0.2) is 0 Å². The molecule has 18 heavy (non-hydrogen) atoms. The average Bonchev–Trinajstić information content (AvgIpc) is 2.39. The number of piperidine rings is 1. The van der Waals surface area contributed by atoms with Gasteiger partial charge >= 0.3 is 5.91 Å². The summed E-state index contributed by atoms with van der Waals surface area (Å²) in [7, 11) is 0. The van der Waals surface area contributed by atoms with Crippen LogP contribution < -0.4 is 5.84 Å². The molecule has 0 spiro atoms. The Kier molecular flexibility index (Phi) is 5.03. The number of rotatable bonds is 4. The Balaban J connectivity index is 2.44. The second-order valence-corrected chi connectivity index (χ2v) is 3.84. The van der Waals surface area contributed by atoms with Crippen LogP contribution in [0.1, 0.15) is 19.3 Å². The van der Waals surface area contributed by atoms with Gasteiger partial charge in [-0.15, -0.1) is 0 Å². The van der Waals surface area contributed by atoms with E-state index in [0.29, 0.717) is 25.9 Å². The molecule has 0 bridgehead atoms. The summed E-state index contributed by atoms with van der Waals surface area (Å²) in [6, 6.07) is -0.280. The van der Waals surface area contributed by atoms with Crippen LogP contribution in [0.2, 0.25) is 0 Å². The first-order chi connectivity index (χ1) is 8.58. The minimum Gasteiger partial charge on any atom is -0.342 e. The van der Waals surface area contributed by atoms with Crippen LogP contribution in [0.3, 0.4) is 0 Å². The third-order valence-electron chi connectivity index (χ3n) is 2.67. The number of likely N-dealkylation sites (tertiary alicyclic amines) is 1. The summed E-state index contributed by atoms with van der Waals surface area (Å²) < 4.78 is 0. The predicted octanol–water partition coefficient (Wildman–Crippen LogP) is -0.444. The molecule has 1 rings (SSSR count). The van der Waals surface area contributed by atoms with Crippen LogP contribution in [0.25, 0.3) is 0 Å². The molecular weight excluding hydrogens is 242 g/mol. The number of Topliss-reactive ketones (excluding diaryl/α,β-unsaturated/α-hetero) is 1. The molecule has 0 unspecified atom stereocenters. The SMILES string of the molecule is NN=NC(=O)C(=O)CC(=O)N1CCC(N=O)CC1. The van der Waals surface area contributed by atoms with Crippen molar-refractivity contribution in [3.05, 3.63) is 4.91 Å². The van der Waals surface area contributed by atoms with Gasteiger partial charge in [-0.2, -0.15) is 4.91 Å². The molecule has 9 nitrogen and oxygen atoms in total. The number of carbonyl (C=O) groups is 3. The lowest BCUT2D eigenvalue weighted by Crippen LogP contribution is -2.40. The van der Waals surface area contributed by atoms with Gasteiger partial charge < -0.3 is 10.7 Å². The minimum absolute atomic E-state index is 0.280. The van der Waals surface area contributed by atoms with E-state index in [9.17, 15) is 19.3 Å². The van der Waals surface area contributed by atoms with E-state index in [2.05, 4.69) is 21.4 Å². The molecule has 0 aromatic carbocycles. The number of carbonyl (C=O) groups excluding carboxylic acids is 3. The van der Waals surface area contributed by atoms with Crippen LogP contribution in [0.5, 0.6) is 0 Å². The van der Waals surface area contributed by atoms with Gasteiger partial charge in [0, 0.05) is 13.1 Å². The second-order valence-electron chi connectivity index (χ2n) is 3.84. The Morgan fingerprint density at radius 1 is 1.22 bits per heavy atom. The maximum Gasteiger partial charge on any atom is 0.333 e. The van der Waals surface area contributed by atoms with Crippen LogP contribution in [0.4, 0.5) is 0 Å². The van der Waals surface area contributed by atoms with E-state index >= 15 is 0 Å². The first-order valence-corrected chi connectivity index (χ1v) is 5.36. The van der Waals surface area contributed by atoms with Crippen molar-refractivity contribution in [3.63, 3.8) is 0 Å². The zero-order valence-electron chi connectivity index (χ0n) is 9.61. The number of hydrogen-bond acceptors (Lipinski definition) is 6. The summed E-state index contributed by atoms with van der Waals surface area (Å²) in [5, 5.41) is 8.42. The molecule has 9 heteroatoms. The molecule has 0 aromatic heterocycles. The van der Waals surface area contributed by atoms with Gasteiger partial charge in [-0.05, 0) is 12.8 Å². The molecule has 0 aliphatic carbocycles. The molecule has 0 radical (unpaired) electrons. The lowest BCUT2D eigenvalue weighted by atomic mass is 10.1. The Morgan fingerprint density at radius 2 is 1.83 bits per heavy atom. The molecule has 0 atom stereocenters. The van der Waals surface area contributed by atoms with E-state index in [1.54, 1.807) is 0 Å². The van der Waals surface area contributed by atoms with E-state index in [-0.39, 0.29) is 6.04 Å². The molecule has 98 valence electrons. The summed E-state index contributed by atoms with van der Waals surface area (Å²) in [5.74, 6) is 2.06. The van der Waals surface area contributed by atoms with E-state index in [4.69, 9.17) is 0 Å². The van der Waals surface area contributed by atoms with Crippen molar-refractivity contribution in [3.8, 4) is 0 Å². The van der Waals surface area contributed by atoms with E-state index < -0.39 is 24.0 Å². The lowest BCUT2D eigenvalue weighted by Gasteiger charge is -2.28. The van der Waals surface area contributed by atoms with Crippen molar-refractivity contribution in [2.24, 2.45) is 21.4 Å². The van der Waals surface area contributed by atoms with Gasteiger partial charge in [0.15, 0.2) is 0 Å². The van der Waals surface area contributed by atoms with Gasteiger partial charge in [0.1, 0.15) is 0 Å². The van der Waals surface area contributed by atoms with E-state index in [0.717, 1.165) is 0 Å². The summed E-state index contributed by atoms with van der Waals surface area (Å²) in [6.45, 7) is 0.713. The highest BCUT2D eigenvalue weighted by Crippen LogP contribution is 2.14. The monoisotopic (exact) mass is 255 g/mol. The summed E-state index contributed by atoms with van der Waals surface area (Å²) in [4.78, 5) is 45.5. The minimum atomic E-state index is -1.14. The van der Waals surface area contributed by atoms with Crippen molar-refractivity contribution in [1.29, 1.82) is 0 Å². The van der Waals surface area contributed by atoms with Crippen molar-refractivity contribution >= 4 is 17.6 Å². The molecule has 1 fully saturated rings. The number of amides is 2. The van der Waals surface area contributed by atoms with Crippen molar-refractivity contribution in [2.75, 3.05) is 13.1 Å². The first kappa shape index (κ1) is 13.9. The maximum absolute atomic E-state index is 11.7. The van der Waals surface area contributed by atoms with Crippen LogP contribution in [0, 0.1) is 4.91 Å². The number of hydrogen-bond donors (Lipinski definition) is 1.